The number of allylic oxidation sites excluding steroid dienone is 1. The number of hydrogen-bond acceptors (Lipinski definition) is 8. The number of benzene rings is 2. The third kappa shape index (κ3) is 4.08. The predicted molar refractivity (Wildman–Crippen MR) is 122 cm³/mol. The number of aromatic nitrogens is 1. The Hall–Kier alpha value is -4.05. The minimum Gasteiger partial charge on any atom is -0.497 e. The Kier molecular flexibility index (Phi) is 5.93. The van der Waals surface area contributed by atoms with Gasteiger partial charge in [0.15, 0.2) is 4.80 Å². The molecule has 1 aliphatic rings. The molecule has 0 spiro atoms. The van der Waals surface area contributed by atoms with Crippen molar-refractivity contribution in [2.24, 2.45) is 4.99 Å². The van der Waals surface area contributed by atoms with Crippen LogP contribution in [0.3, 0.4) is 0 Å². The van der Waals surface area contributed by atoms with Crippen molar-refractivity contribution in [2.75, 3.05) is 14.2 Å². The van der Waals surface area contributed by atoms with Gasteiger partial charge >= 0.3 is 5.97 Å². The van der Waals surface area contributed by atoms with Gasteiger partial charge in [0.25, 0.3) is 11.2 Å². The number of rotatable bonds is 5. The maximum atomic E-state index is 13.5. The lowest BCUT2D eigenvalue weighted by molar-refractivity contribution is -0.384. The molecule has 0 amide bonds. The van der Waals surface area contributed by atoms with E-state index in [2.05, 4.69) is 4.99 Å². The first-order valence-corrected chi connectivity index (χ1v) is 10.6. The minimum absolute atomic E-state index is 0.147. The highest BCUT2D eigenvalue weighted by Crippen LogP contribution is 2.32. The summed E-state index contributed by atoms with van der Waals surface area (Å²) in [6.45, 7) is 1.65. The van der Waals surface area contributed by atoms with Crippen LogP contribution in [0.2, 0.25) is 0 Å². The second-order valence-corrected chi connectivity index (χ2v) is 8.21. The number of nitro groups is 1. The summed E-state index contributed by atoms with van der Waals surface area (Å²) in [6.07, 6.45) is 1.73. The van der Waals surface area contributed by atoms with E-state index in [0.29, 0.717) is 26.3 Å². The van der Waals surface area contributed by atoms with Crippen LogP contribution >= 0.6 is 11.3 Å². The topological polar surface area (TPSA) is 113 Å². The van der Waals surface area contributed by atoms with Gasteiger partial charge in [0.2, 0.25) is 0 Å². The summed E-state index contributed by atoms with van der Waals surface area (Å²) in [5.74, 6) is 0.0369. The maximum absolute atomic E-state index is 13.5. The van der Waals surface area contributed by atoms with Crippen molar-refractivity contribution in [2.45, 2.75) is 13.0 Å². The van der Waals surface area contributed by atoms with Crippen LogP contribution in [0.15, 0.2) is 69.6 Å². The van der Waals surface area contributed by atoms with Gasteiger partial charge in [-0.05, 0) is 36.3 Å². The summed E-state index contributed by atoms with van der Waals surface area (Å²) in [5.41, 5.74) is 1.23. The van der Waals surface area contributed by atoms with Crippen LogP contribution in [0.5, 0.6) is 5.75 Å². The van der Waals surface area contributed by atoms with Crippen LogP contribution in [0.4, 0.5) is 5.69 Å². The molecule has 33 heavy (non-hydrogen) atoms. The second kappa shape index (κ2) is 8.83. The van der Waals surface area contributed by atoms with E-state index >= 15 is 0 Å². The second-order valence-electron chi connectivity index (χ2n) is 7.20. The number of esters is 1. The molecule has 2 heterocycles. The molecule has 1 aromatic heterocycles. The zero-order valence-electron chi connectivity index (χ0n) is 18.0. The third-order valence-electron chi connectivity index (χ3n) is 5.24. The lowest BCUT2D eigenvalue weighted by Gasteiger charge is -2.24. The number of ether oxygens (including phenoxy) is 2. The fourth-order valence-electron chi connectivity index (χ4n) is 3.67. The predicted octanol–water partition coefficient (Wildman–Crippen LogP) is 2.33. The number of hydrogen-bond donors (Lipinski definition) is 0. The molecule has 3 aromatic rings. The standard InChI is InChI=1S/C23H19N3O6S/c1-13-19(22(28)32-3)20(15-5-4-6-16(12-15)26(29)30)25-21(27)18(33-23(25)24-13)11-14-7-9-17(31-2)10-8-14/h4-12,20H,1-3H3. The van der Waals surface area contributed by atoms with Gasteiger partial charge in [0.05, 0.1) is 41.0 Å². The number of nitro benzene ring substituents is 1. The Balaban J connectivity index is 1.95. The van der Waals surface area contributed by atoms with Crippen molar-refractivity contribution < 1.29 is 19.2 Å². The molecule has 4 rings (SSSR count). The van der Waals surface area contributed by atoms with Crippen molar-refractivity contribution in [3.63, 3.8) is 0 Å². The fraction of sp³-hybridized carbons (Fsp3) is 0.174. The number of carbonyl (C=O) groups is 1. The van der Waals surface area contributed by atoms with E-state index in [9.17, 15) is 19.7 Å². The Labute approximate surface area is 191 Å². The van der Waals surface area contributed by atoms with E-state index in [1.165, 1.54) is 41.2 Å². The van der Waals surface area contributed by atoms with Gasteiger partial charge in [0.1, 0.15) is 5.75 Å². The first kappa shape index (κ1) is 22.2. The van der Waals surface area contributed by atoms with E-state index in [-0.39, 0.29) is 16.8 Å². The van der Waals surface area contributed by atoms with Crippen LogP contribution in [-0.2, 0) is 9.53 Å². The van der Waals surface area contributed by atoms with E-state index in [4.69, 9.17) is 9.47 Å². The zero-order chi connectivity index (χ0) is 23.7. The largest absolute Gasteiger partial charge is 0.497 e. The molecule has 0 aliphatic carbocycles. The SMILES string of the molecule is COC(=O)C1=C(C)N=c2sc(=Cc3ccc(OC)cc3)c(=O)n2C1c1cccc([N+](=O)[O-])c1. The Morgan fingerprint density at radius 2 is 1.94 bits per heavy atom. The van der Waals surface area contributed by atoms with Gasteiger partial charge in [-0.3, -0.25) is 19.5 Å². The summed E-state index contributed by atoms with van der Waals surface area (Å²) >= 11 is 1.18. The van der Waals surface area contributed by atoms with Crippen LogP contribution < -0.4 is 19.6 Å². The number of fused-ring (bicyclic) bond motifs is 1. The number of thiazole rings is 1. The lowest BCUT2D eigenvalue weighted by atomic mass is 9.95. The summed E-state index contributed by atoms with van der Waals surface area (Å²) < 4.78 is 11.9. The lowest BCUT2D eigenvalue weighted by Crippen LogP contribution is -2.39. The van der Waals surface area contributed by atoms with Gasteiger partial charge in [-0.1, -0.05) is 35.6 Å². The molecular formula is C23H19N3O6S. The van der Waals surface area contributed by atoms with Crippen molar-refractivity contribution in [3.8, 4) is 5.75 Å². The molecule has 0 radical (unpaired) electrons. The molecular weight excluding hydrogens is 446 g/mol. The molecule has 0 bridgehead atoms. The molecule has 0 saturated heterocycles. The first-order chi connectivity index (χ1) is 15.8. The van der Waals surface area contributed by atoms with Gasteiger partial charge in [-0.2, -0.15) is 0 Å². The molecule has 0 saturated carbocycles. The van der Waals surface area contributed by atoms with Crippen LogP contribution in [0.25, 0.3) is 6.08 Å². The Bertz CT molecular complexity index is 1470. The molecule has 0 N–H and O–H groups in total. The Morgan fingerprint density at radius 3 is 2.58 bits per heavy atom. The van der Waals surface area contributed by atoms with E-state index in [0.717, 1.165) is 5.56 Å². The highest BCUT2D eigenvalue weighted by molar-refractivity contribution is 7.07. The summed E-state index contributed by atoms with van der Waals surface area (Å²) in [4.78, 5) is 41.8. The van der Waals surface area contributed by atoms with Crippen LogP contribution in [0, 0.1) is 10.1 Å². The van der Waals surface area contributed by atoms with Crippen molar-refractivity contribution in [3.05, 3.63) is 101 Å². The van der Waals surface area contributed by atoms with Gasteiger partial charge < -0.3 is 9.47 Å². The number of non-ortho nitro benzene ring substituents is 1. The molecule has 2 aromatic carbocycles. The van der Waals surface area contributed by atoms with E-state index in [1.807, 2.05) is 12.1 Å². The van der Waals surface area contributed by atoms with Gasteiger partial charge in [-0.15, -0.1) is 0 Å². The maximum Gasteiger partial charge on any atom is 0.338 e. The monoisotopic (exact) mass is 465 g/mol. The molecule has 0 fully saturated rings. The van der Waals surface area contributed by atoms with Crippen LogP contribution in [-0.4, -0.2) is 29.7 Å². The molecule has 10 heteroatoms. The normalized spacial score (nSPS) is 15.6. The summed E-state index contributed by atoms with van der Waals surface area (Å²) in [5, 5.41) is 11.3. The number of methoxy groups -OCH3 is 2. The highest BCUT2D eigenvalue weighted by atomic mass is 32.1. The highest BCUT2D eigenvalue weighted by Gasteiger charge is 2.33. The first-order valence-electron chi connectivity index (χ1n) is 9.83. The smallest absolute Gasteiger partial charge is 0.338 e. The number of carbonyl (C=O) groups excluding carboxylic acids is 1. The average Bonchev–Trinajstić information content (AvgIpc) is 3.12. The Morgan fingerprint density at radius 1 is 1.21 bits per heavy atom. The van der Waals surface area contributed by atoms with E-state index < -0.39 is 16.9 Å². The van der Waals surface area contributed by atoms with Crippen molar-refractivity contribution in [1.82, 2.24) is 4.57 Å². The molecule has 168 valence electrons. The average molecular weight is 465 g/mol. The zero-order valence-corrected chi connectivity index (χ0v) is 18.8. The van der Waals surface area contributed by atoms with Crippen LogP contribution in [0.1, 0.15) is 24.1 Å². The quantitative estimate of drug-likeness (QED) is 0.325. The van der Waals surface area contributed by atoms with Gasteiger partial charge in [0, 0.05) is 12.1 Å². The van der Waals surface area contributed by atoms with Crippen molar-refractivity contribution in [1.29, 1.82) is 0 Å². The summed E-state index contributed by atoms with van der Waals surface area (Å²) in [6, 6.07) is 12.2. The minimum atomic E-state index is -0.911. The van der Waals surface area contributed by atoms with E-state index in [1.54, 1.807) is 38.3 Å². The molecule has 1 aliphatic heterocycles. The summed E-state index contributed by atoms with van der Waals surface area (Å²) in [7, 11) is 2.81. The third-order valence-corrected chi connectivity index (χ3v) is 6.22. The molecule has 1 atom stereocenters. The molecule has 1 unspecified atom stereocenters. The molecule has 9 nitrogen and oxygen atoms in total. The fourth-order valence-corrected chi connectivity index (χ4v) is 4.71. The number of nitrogens with zero attached hydrogens (tertiary/aromatic N) is 3. The van der Waals surface area contributed by atoms with Crippen molar-refractivity contribution >= 4 is 29.1 Å². The van der Waals surface area contributed by atoms with Gasteiger partial charge in [-0.25, -0.2) is 9.79 Å².